The van der Waals surface area contributed by atoms with Gasteiger partial charge in [-0.3, -0.25) is 9.78 Å². The number of anilines is 2. The number of aromatic nitrogens is 4. The third-order valence-corrected chi connectivity index (χ3v) is 8.73. The summed E-state index contributed by atoms with van der Waals surface area (Å²) in [7, 11) is 3.25. The molecule has 1 aliphatic rings. The van der Waals surface area contributed by atoms with Crippen LogP contribution < -0.4 is 20.5 Å². The fourth-order valence-electron chi connectivity index (χ4n) is 5.08. The van der Waals surface area contributed by atoms with E-state index in [0.717, 1.165) is 53.8 Å². The summed E-state index contributed by atoms with van der Waals surface area (Å²) in [5.41, 5.74) is 11.8. The number of amides is 1. The van der Waals surface area contributed by atoms with Crippen molar-refractivity contribution in [1.82, 2.24) is 19.9 Å². The van der Waals surface area contributed by atoms with Gasteiger partial charge in [-0.1, -0.05) is 36.9 Å². The summed E-state index contributed by atoms with van der Waals surface area (Å²) in [4.78, 5) is 29.6. The molecule has 12 heteroatoms. The van der Waals surface area contributed by atoms with Crippen LogP contribution in [0.1, 0.15) is 54.5 Å². The molecule has 5 N–H and O–H groups in total. The number of nitrogens with one attached hydrogen (secondary N) is 1. The van der Waals surface area contributed by atoms with E-state index >= 15 is 0 Å². The molecule has 0 bridgehead atoms. The van der Waals surface area contributed by atoms with Gasteiger partial charge in [-0.25, -0.2) is 15.0 Å². The lowest BCUT2D eigenvalue weighted by molar-refractivity contribution is -0.113. The van der Waals surface area contributed by atoms with E-state index in [9.17, 15) is 4.79 Å². The lowest BCUT2D eigenvalue weighted by Crippen LogP contribution is -2.14. The predicted octanol–water partition coefficient (Wildman–Crippen LogP) is 5.98. The van der Waals surface area contributed by atoms with Gasteiger partial charge in [0.15, 0.2) is 10.8 Å². The molecule has 6 rings (SSSR count). The fourth-order valence-corrected chi connectivity index (χ4v) is 5.73. The van der Waals surface area contributed by atoms with Crippen molar-refractivity contribution < 1.29 is 24.5 Å². The first-order valence-corrected chi connectivity index (χ1v) is 17.1. The van der Waals surface area contributed by atoms with E-state index in [4.69, 9.17) is 30.4 Å². The van der Waals surface area contributed by atoms with Gasteiger partial charge in [0.1, 0.15) is 17.3 Å². The zero-order valence-corrected chi connectivity index (χ0v) is 28.9. The summed E-state index contributed by atoms with van der Waals surface area (Å²) in [5.74, 6) is 2.30. The number of rotatable bonds is 10. The number of nitrogens with two attached hydrogens (primary N) is 1. The quantitative estimate of drug-likeness (QED) is 0.101. The number of thioether (sulfide) groups is 1. The maximum atomic E-state index is 12.2. The minimum absolute atomic E-state index is 0.0772. The SMILES string of the molecule is CCC(CO)c1ccc(OC)cc1.COc1ccc(NC(=O)CSc2nc(N)c3cc4c(nc3n2)CCCC4)cc1.OCc1cccnc1. The lowest BCUT2D eigenvalue weighted by atomic mass is 9.95. The largest absolute Gasteiger partial charge is 0.497 e. The van der Waals surface area contributed by atoms with E-state index in [2.05, 4.69) is 33.3 Å². The first kappa shape index (κ1) is 37.0. The molecule has 5 aromatic rings. The van der Waals surface area contributed by atoms with Gasteiger partial charge in [0.05, 0.1) is 32.0 Å². The number of benzene rings is 2. The molecule has 0 saturated carbocycles. The summed E-state index contributed by atoms with van der Waals surface area (Å²) in [5, 5.41) is 21.7. The summed E-state index contributed by atoms with van der Waals surface area (Å²) in [6.07, 6.45) is 8.61. The highest BCUT2D eigenvalue weighted by Crippen LogP contribution is 2.27. The van der Waals surface area contributed by atoms with Crippen LogP contribution in [-0.2, 0) is 24.2 Å². The van der Waals surface area contributed by atoms with Crippen LogP contribution in [0.3, 0.4) is 0 Å². The summed E-state index contributed by atoms with van der Waals surface area (Å²) in [6.45, 7) is 2.36. The number of aryl methyl sites for hydroxylation is 2. The van der Waals surface area contributed by atoms with Crippen LogP contribution in [0.15, 0.2) is 84.3 Å². The minimum Gasteiger partial charge on any atom is -0.497 e. The second-order valence-corrected chi connectivity index (χ2v) is 12.2. The Balaban J connectivity index is 0.000000211. The number of carbonyl (C=O) groups is 1. The van der Waals surface area contributed by atoms with Gasteiger partial charge in [-0.2, -0.15) is 0 Å². The Morgan fingerprint density at radius 1 is 0.959 bits per heavy atom. The Hall–Kier alpha value is -4.78. The standard InChI is InChI=1S/C20H21N5O2S.C11H16O2.C6H7NO/c1-27-14-8-6-13(7-9-14)22-17(26)11-28-20-24-18(21)15-10-12-4-2-3-5-16(12)23-19(15)25-20;1-3-9(8-12)10-4-6-11(13-2)7-5-10;8-5-6-2-1-3-7-4-6/h6-10H,2-5,11H2,1H3,(H,22,26)(H2,21,23,24,25);4-7,9,12H,3,8H2,1-2H3;1-4,8H,5H2. The number of carbonyl (C=O) groups excluding carboxylic acids is 1. The number of pyridine rings is 2. The van der Waals surface area contributed by atoms with Crippen LogP contribution in [0.2, 0.25) is 0 Å². The molecule has 3 aromatic heterocycles. The molecule has 1 unspecified atom stereocenters. The molecule has 3 heterocycles. The minimum atomic E-state index is -0.143. The van der Waals surface area contributed by atoms with Crippen molar-refractivity contribution in [3.63, 3.8) is 0 Å². The number of hydrogen-bond donors (Lipinski definition) is 4. The molecule has 1 amide bonds. The molecule has 0 fully saturated rings. The number of aliphatic hydroxyl groups excluding tert-OH is 2. The smallest absolute Gasteiger partial charge is 0.234 e. The topological polar surface area (TPSA) is 166 Å². The maximum Gasteiger partial charge on any atom is 0.234 e. The number of hydrogen-bond acceptors (Lipinski definition) is 11. The van der Waals surface area contributed by atoms with E-state index in [-0.39, 0.29) is 30.8 Å². The van der Waals surface area contributed by atoms with Crippen LogP contribution in [0, 0.1) is 0 Å². The monoisotopic (exact) mass is 684 g/mol. The number of fused-ring (bicyclic) bond motifs is 2. The lowest BCUT2D eigenvalue weighted by Gasteiger charge is -2.15. The van der Waals surface area contributed by atoms with Gasteiger partial charge < -0.3 is 30.7 Å². The molecule has 0 radical (unpaired) electrons. The zero-order chi connectivity index (χ0) is 35.0. The first-order chi connectivity index (χ1) is 23.9. The van der Waals surface area contributed by atoms with E-state index in [1.807, 2.05) is 30.3 Å². The average Bonchev–Trinajstić information content (AvgIpc) is 3.15. The van der Waals surface area contributed by atoms with Gasteiger partial charge in [0.2, 0.25) is 5.91 Å². The highest BCUT2D eigenvalue weighted by Gasteiger charge is 2.16. The Labute approximate surface area is 291 Å². The normalized spacial score (nSPS) is 12.3. The summed E-state index contributed by atoms with van der Waals surface area (Å²) >= 11 is 1.24. The Morgan fingerprint density at radius 3 is 2.24 bits per heavy atom. The van der Waals surface area contributed by atoms with E-state index in [1.165, 1.54) is 29.3 Å². The highest BCUT2D eigenvalue weighted by molar-refractivity contribution is 7.99. The molecule has 0 aliphatic heterocycles. The van der Waals surface area contributed by atoms with Crippen molar-refractivity contribution in [2.45, 2.75) is 56.7 Å². The zero-order valence-electron chi connectivity index (χ0n) is 28.1. The van der Waals surface area contributed by atoms with Crippen LogP contribution in [0.25, 0.3) is 11.0 Å². The Morgan fingerprint density at radius 2 is 1.65 bits per heavy atom. The number of methoxy groups -OCH3 is 2. The van der Waals surface area contributed by atoms with Crippen molar-refractivity contribution in [3.8, 4) is 11.5 Å². The van der Waals surface area contributed by atoms with Crippen LogP contribution in [0.4, 0.5) is 11.5 Å². The number of ether oxygens (including phenoxy) is 2. The van der Waals surface area contributed by atoms with Crippen LogP contribution >= 0.6 is 11.8 Å². The van der Waals surface area contributed by atoms with Gasteiger partial charge in [0.25, 0.3) is 0 Å². The van der Waals surface area contributed by atoms with Crippen molar-refractivity contribution in [1.29, 1.82) is 0 Å². The first-order valence-electron chi connectivity index (χ1n) is 16.1. The van der Waals surface area contributed by atoms with Crippen LogP contribution in [-0.4, -0.2) is 62.6 Å². The van der Waals surface area contributed by atoms with Gasteiger partial charge >= 0.3 is 0 Å². The molecule has 258 valence electrons. The summed E-state index contributed by atoms with van der Waals surface area (Å²) in [6, 6.07) is 20.7. The molecular formula is C37H44N6O5S. The third kappa shape index (κ3) is 11.1. The number of nitrogens with zero attached hydrogens (tertiary/aromatic N) is 4. The molecule has 0 saturated heterocycles. The average molecular weight is 685 g/mol. The van der Waals surface area contributed by atoms with E-state index in [0.29, 0.717) is 22.3 Å². The Bertz CT molecular complexity index is 1750. The molecule has 0 spiro atoms. The van der Waals surface area contributed by atoms with Gasteiger partial charge in [-0.05, 0) is 97.3 Å². The molecule has 1 atom stereocenters. The fraction of sp³-hybridized carbons (Fsp3) is 0.324. The molecule has 49 heavy (non-hydrogen) atoms. The van der Waals surface area contributed by atoms with Gasteiger partial charge in [0, 0.05) is 36.3 Å². The maximum absolute atomic E-state index is 12.2. The summed E-state index contributed by atoms with van der Waals surface area (Å²) < 4.78 is 10.2. The second kappa shape index (κ2) is 19.3. The molecule has 2 aromatic carbocycles. The van der Waals surface area contributed by atoms with Crippen molar-refractivity contribution in [2.24, 2.45) is 0 Å². The Kier molecular flexibility index (Phi) is 14.6. The molecular weight excluding hydrogens is 641 g/mol. The van der Waals surface area contributed by atoms with Crippen molar-refractivity contribution in [3.05, 3.63) is 102 Å². The molecule has 1 aliphatic carbocycles. The van der Waals surface area contributed by atoms with E-state index in [1.54, 1.807) is 56.9 Å². The van der Waals surface area contributed by atoms with E-state index < -0.39 is 0 Å². The molecule has 11 nitrogen and oxygen atoms in total. The number of aliphatic hydroxyl groups is 2. The number of nitrogen functional groups attached to an aromatic ring is 1. The van der Waals surface area contributed by atoms with Crippen LogP contribution in [0.5, 0.6) is 11.5 Å². The second-order valence-electron chi connectivity index (χ2n) is 11.2. The van der Waals surface area contributed by atoms with Gasteiger partial charge in [-0.15, -0.1) is 0 Å². The highest BCUT2D eigenvalue weighted by atomic mass is 32.2. The predicted molar refractivity (Wildman–Crippen MR) is 194 cm³/mol. The van der Waals surface area contributed by atoms with Crippen molar-refractivity contribution in [2.75, 3.05) is 37.6 Å². The van der Waals surface area contributed by atoms with Crippen molar-refractivity contribution >= 4 is 40.2 Å². The third-order valence-electron chi connectivity index (χ3n) is 7.89.